The topological polar surface area (TPSA) is 57.9 Å². The van der Waals surface area contributed by atoms with Crippen LogP contribution in [0.3, 0.4) is 0 Å². The fourth-order valence-corrected chi connectivity index (χ4v) is 5.20. The second-order valence-corrected chi connectivity index (χ2v) is 10.4. The summed E-state index contributed by atoms with van der Waals surface area (Å²) in [6.07, 6.45) is 6.79. The molecule has 0 bridgehead atoms. The molecule has 2 aliphatic rings. The summed E-state index contributed by atoms with van der Waals surface area (Å²) in [6, 6.07) is 8.04. The van der Waals surface area contributed by atoms with Crippen LogP contribution in [0.4, 0.5) is 0 Å². The van der Waals surface area contributed by atoms with Gasteiger partial charge in [-0.05, 0) is 82.5 Å². The van der Waals surface area contributed by atoms with Gasteiger partial charge in [-0.3, -0.25) is 4.79 Å². The summed E-state index contributed by atoms with van der Waals surface area (Å²) in [7, 11) is 1.44. The second kappa shape index (κ2) is 9.27. The van der Waals surface area contributed by atoms with Crippen LogP contribution < -0.4 is 9.47 Å². The van der Waals surface area contributed by atoms with Crippen molar-refractivity contribution in [2.45, 2.75) is 58.5 Å². The van der Waals surface area contributed by atoms with Crippen molar-refractivity contribution in [3.05, 3.63) is 46.3 Å². The van der Waals surface area contributed by atoms with Gasteiger partial charge in [0.1, 0.15) is 18.6 Å². The number of carbonyl (C=O) groups excluding carboxylic acids is 1. The van der Waals surface area contributed by atoms with E-state index in [1.807, 2.05) is 18.2 Å². The number of rotatable bonds is 10. The Hall–Kier alpha value is -1.95. The quantitative estimate of drug-likeness (QED) is 0.356. The molecule has 2 saturated carbocycles. The Balaban J connectivity index is 1.37. The second-order valence-electron chi connectivity index (χ2n) is 9.70. The van der Waals surface area contributed by atoms with Crippen molar-refractivity contribution in [1.82, 2.24) is 0 Å². The minimum Gasteiger partial charge on any atom is -0.489 e. The van der Waals surface area contributed by atoms with E-state index in [2.05, 4.69) is 35.8 Å². The van der Waals surface area contributed by atoms with Gasteiger partial charge in [-0.25, -0.2) is 0 Å². The summed E-state index contributed by atoms with van der Waals surface area (Å²) in [6.45, 7) is 5.64. The predicted octanol–water partition coefficient (Wildman–Crippen LogP) is 6.49. The Bertz CT molecular complexity index is 906. The van der Waals surface area contributed by atoms with Crippen molar-refractivity contribution < 1.29 is 23.4 Å². The molecular weight excluding hydrogens is 460 g/mol. The van der Waals surface area contributed by atoms with Gasteiger partial charge >= 0.3 is 5.97 Å². The van der Waals surface area contributed by atoms with Crippen LogP contribution >= 0.6 is 15.9 Å². The smallest absolute Gasteiger partial charge is 0.306 e. The molecule has 0 aliphatic heterocycles. The number of methoxy groups -OCH3 is 1. The number of esters is 1. The first-order valence-corrected chi connectivity index (χ1v) is 11.8. The Kier molecular flexibility index (Phi) is 6.65. The molecule has 1 aromatic carbocycles. The summed E-state index contributed by atoms with van der Waals surface area (Å²) in [4.78, 5) is 11.9. The maximum absolute atomic E-state index is 11.9. The van der Waals surface area contributed by atoms with E-state index in [0.29, 0.717) is 41.6 Å². The van der Waals surface area contributed by atoms with Gasteiger partial charge in [0, 0.05) is 0 Å². The van der Waals surface area contributed by atoms with Crippen LogP contribution in [0.25, 0.3) is 0 Å². The van der Waals surface area contributed by atoms with Crippen LogP contribution in [-0.2, 0) is 16.1 Å². The molecule has 1 atom stereocenters. The molecule has 1 heterocycles. The van der Waals surface area contributed by atoms with Gasteiger partial charge in [0.2, 0.25) is 4.67 Å². The molecule has 0 unspecified atom stereocenters. The average molecular weight is 491 g/mol. The average Bonchev–Trinajstić information content (AvgIpc) is 3.51. The Morgan fingerprint density at radius 1 is 1.26 bits per heavy atom. The van der Waals surface area contributed by atoms with Crippen molar-refractivity contribution in [3.63, 3.8) is 0 Å². The number of furan rings is 1. The molecule has 0 spiro atoms. The van der Waals surface area contributed by atoms with Gasteiger partial charge in [-0.2, -0.15) is 0 Å². The minimum atomic E-state index is -0.164. The highest BCUT2D eigenvalue weighted by Crippen LogP contribution is 2.46. The van der Waals surface area contributed by atoms with E-state index >= 15 is 0 Å². The van der Waals surface area contributed by atoms with Gasteiger partial charge in [0.25, 0.3) is 0 Å². The highest BCUT2D eigenvalue weighted by Gasteiger charge is 2.36. The first-order chi connectivity index (χ1) is 14.8. The van der Waals surface area contributed by atoms with Gasteiger partial charge < -0.3 is 18.6 Å². The number of hydrogen-bond donors (Lipinski definition) is 0. The lowest BCUT2D eigenvalue weighted by atomic mass is 9.65. The van der Waals surface area contributed by atoms with Gasteiger partial charge in [0.15, 0.2) is 5.75 Å². The van der Waals surface area contributed by atoms with Crippen LogP contribution in [-0.4, -0.2) is 19.7 Å². The van der Waals surface area contributed by atoms with Crippen LogP contribution in [0.2, 0.25) is 0 Å². The number of hydrogen-bond acceptors (Lipinski definition) is 5. The first-order valence-electron chi connectivity index (χ1n) is 11.0. The molecule has 1 aromatic heterocycles. The lowest BCUT2D eigenvalue weighted by Gasteiger charge is -2.42. The third-order valence-electron chi connectivity index (χ3n) is 6.41. The first kappa shape index (κ1) is 22.3. The van der Waals surface area contributed by atoms with Crippen LogP contribution in [0, 0.1) is 17.3 Å². The fraction of sp³-hybridized carbons (Fsp3) is 0.560. The van der Waals surface area contributed by atoms with Crippen molar-refractivity contribution >= 4 is 21.9 Å². The van der Waals surface area contributed by atoms with Crippen molar-refractivity contribution in [2.75, 3.05) is 13.7 Å². The molecule has 31 heavy (non-hydrogen) atoms. The molecule has 0 N–H and O–H groups in total. The van der Waals surface area contributed by atoms with Crippen LogP contribution in [0.5, 0.6) is 11.5 Å². The molecular formula is C25H31BrO5. The maximum Gasteiger partial charge on any atom is 0.306 e. The molecule has 0 radical (unpaired) electrons. The lowest BCUT2D eigenvalue weighted by molar-refractivity contribution is -0.141. The number of carbonyl (C=O) groups is 1. The van der Waals surface area contributed by atoms with E-state index in [0.717, 1.165) is 35.5 Å². The molecule has 0 saturated heterocycles. The Morgan fingerprint density at radius 2 is 2.03 bits per heavy atom. The fourth-order valence-electron chi connectivity index (χ4n) is 4.74. The summed E-state index contributed by atoms with van der Waals surface area (Å²) < 4.78 is 23.2. The largest absolute Gasteiger partial charge is 0.489 e. The summed E-state index contributed by atoms with van der Waals surface area (Å²) >= 11 is 3.45. The molecule has 168 valence electrons. The molecule has 2 aliphatic carbocycles. The van der Waals surface area contributed by atoms with E-state index in [4.69, 9.17) is 18.6 Å². The lowest BCUT2D eigenvalue weighted by Crippen LogP contribution is -2.35. The molecule has 6 heteroatoms. The third kappa shape index (κ3) is 5.65. The summed E-state index contributed by atoms with van der Waals surface area (Å²) in [5, 5.41) is 0. The van der Waals surface area contributed by atoms with Crippen molar-refractivity contribution in [1.29, 1.82) is 0 Å². The zero-order valence-electron chi connectivity index (χ0n) is 18.5. The zero-order valence-corrected chi connectivity index (χ0v) is 20.1. The van der Waals surface area contributed by atoms with Crippen molar-refractivity contribution in [3.8, 4) is 11.5 Å². The van der Waals surface area contributed by atoms with Crippen LogP contribution in [0.1, 0.15) is 63.0 Å². The summed E-state index contributed by atoms with van der Waals surface area (Å²) in [5.41, 5.74) is 2.44. The van der Waals surface area contributed by atoms with E-state index in [9.17, 15) is 4.79 Å². The normalized spacial score (nSPS) is 18.8. The molecule has 0 amide bonds. The van der Waals surface area contributed by atoms with Gasteiger partial charge in [0.05, 0.1) is 25.7 Å². The van der Waals surface area contributed by atoms with Gasteiger partial charge in [-0.1, -0.05) is 26.0 Å². The zero-order chi connectivity index (χ0) is 22.0. The standard InChI is InChI=1S/C25H31BrO5/c1-25(2)11-16(12-25)13-30-23-19(15-31-24(23)26)14-29-20-6-4-5-18(9-20)21(17-7-8-17)10-22(27)28-3/h4-6,9,15-17,21H,7-8,10-14H2,1-3H3/t21-/m0/s1. The van der Waals surface area contributed by atoms with E-state index in [-0.39, 0.29) is 11.9 Å². The van der Waals surface area contributed by atoms with E-state index in [1.54, 1.807) is 6.26 Å². The van der Waals surface area contributed by atoms with E-state index < -0.39 is 0 Å². The number of benzene rings is 1. The highest BCUT2D eigenvalue weighted by molar-refractivity contribution is 9.10. The van der Waals surface area contributed by atoms with E-state index in [1.165, 1.54) is 20.0 Å². The predicted molar refractivity (Wildman–Crippen MR) is 121 cm³/mol. The summed E-state index contributed by atoms with van der Waals surface area (Å²) in [5.74, 6) is 2.67. The number of ether oxygens (including phenoxy) is 3. The SMILES string of the molecule is COC(=O)C[C@H](c1cccc(OCc2coc(Br)c2OCC2CC(C)(C)C2)c1)C1CC1. The van der Waals surface area contributed by atoms with Crippen LogP contribution in [0.15, 0.2) is 39.6 Å². The molecule has 2 fully saturated rings. The molecule has 2 aromatic rings. The Morgan fingerprint density at radius 3 is 2.71 bits per heavy atom. The Labute approximate surface area is 192 Å². The number of halogens is 1. The molecule has 4 rings (SSSR count). The van der Waals surface area contributed by atoms with Crippen molar-refractivity contribution in [2.24, 2.45) is 17.3 Å². The minimum absolute atomic E-state index is 0.164. The highest BCUT2D eigenvalue weighted by atomic mass is 79.9. The maximum atomic E-state index is 11.9. The third-order valence-corrected chi connectivity index (χ3v) is 6.95. The molecule has 5 nitrogen and oxygen atoms in total. The van der Waals surface area contributed by atoms with Gasteiger partial charge in [-0.15, -0.1) is 0 Å². The monoisotopic (exact) mass is 490 g/mol.